The van der Waals surface area contributed by atoms with Gasteiger partial charge in [0.25, 0.3) is 0 Å². The molecule has 0 spiro atoms. The van der Waals surface area contributed by atoms with Crippen LogP contribution in [0, 0.1) is 0 Å². The minimum Gasteiger partial charge on any atom is -0.784 e. The SMILES string of the molecule is C=CC[n+]1ccccc1.C=CC[n+]1ccccc1.O=S([O-])[O-]. The molecule has 0 unspecified atom stereocenters. The largest absolute Gasteiger partial charge is 0.784 e. The molecule has 0 bridgehead atoms. The lowest BCUT2D eigenvalue weighted by Crippen LogP contribution is -2.30. The van der Waals surface area contributed by atoms with Crippen LogP contribution in [0.2, 0.25) is 0 Å². The van der Waals surface area contributed by atoms with Gasteiger partial charge < -0.3 is 9.11 Å². The van der Waals surface area contributed by atoms with Gasteiger partial charge in [0.15, 0.2) is 37.9 Å². The fourth-order valence-electron chi connectivity index (χ4n) is 1.41. The number of nitrogens with zero attached hydrogens (tertiary/aromatic N) is 2. The first kappa shape index (κ1) is 19.9. The first-order chi connectivity index (χ1) is 10.6. The van der Waals surface area contributed by atoms with Gasteiger partial charge in [0.2, 0.25) is 0 Å². The second-order valence-electron chi connectivity index (χ2n) is 3.93. The number of hydrogen-bond donors (Lipinski definition) is 0. The van der Waals surface area contributed by atoms with E-state index >= 15 is 0 Å². The van der Waals surface area contributed by atoms with Crippen molar-refractivity contribution in [2.24, 2.45) is 0 Å². The lowest BCUT2D eigenvalue weighted by Gasteiger charge is -2.03. The number of aromatic nitrogens is 2. The standard InChI is InChI=1S/2C8H10N.H2O3S/c2*1-2-6-9-7-4-3-5-8-9;1-4(2)3/h2*2-5,7-8H,1,6H2;(H2,1,2,3)/q2*+1;/p-2. The molecule has 2 rings (SSSR count). The van der Waals surface area contributed by atoms with Crippen molar-refractivity contribution in [1.82, 2.24) is 0 Å². The maximum absolute atomic E-state index is 8.44. The van der Waals surface area contributed by atoms with E-state index in [-0.39, 0.29) is 0 Å². The van der Waals surface area contributed by atoms with Gasteiger partial charge in [-0.25, -0.2) is 9.13 Å². The van der Waals surface area contributed by atoms with E-state index < -0.39 is 11.4 Å². The van der Waals surface area contributed by atoms with Crippen molar-refractivity contribution in [2.45, 2.75) is 13.1 Å². The van der Waals surface area contributed by atoms with Crippen molar-refractivity contribution in [3.63, 3.8) is 0 Å². The van der Waals surface area contributed by atoms with E-state index in [1.807, 2.05) is 73.3 Å². The molecule has 0 fully saturated rings. The Balaban J connectivity index is 0.000000326. The first-order valence-electron chi connectivity index (χ1n) is 6.46. The van der Waals surface area contributed by atoms with Gasteiger partial charge in [-0.1, -0.05) is 25.3 Å². The topological polar surface area (TPSA) is 71.0 Å². The average Bonchev–Trinajstić information content (AvgIpc) is 2.50. The summed E-state index contributed by atoms with van der Waals surface area (Å²) in [5.74, 6) is 0. The van der Waals surface area contributed by atoms with Crippen LogP contribution in [0.1, 0.15) is 0 Å². The molecule has 22 heavy (non-hydrogen) atoms. The summed E-state index contributed by atoms with van der Waals surface area (Å²) in [4.78, 5) is 0. The molecule has 0 aliphatic heterocycles. The Morgan fingerprint density at radius 2 is 1.05 bits per heavy atom. The van der Waals surface area contributed by atoms with Gasteiger partial charge in [0, 0.05) is 24.3 Å². The average molecular weight is 320 g/mol. The Kier molecular flexibility index (Phi) is 12.5. The number of hydrogen-bond acceptors (Lipinski definition) is 3. The summed E-state index contributed by atoms with van der Waals surface area (Å²) in [6, 6.07) is 12.0. The molecule has 0 amide bonds. The fraction of sp³-hybridized carbons (Fsp3) is 0.125. The molecule has 0 aliphatic carbocycles. The molecule has 2 aromatic heterocycles. The van der Waals surface area contributed by atoms with Crippen LogP contribution in [-0.2, 0) is 24.5 Å². The maximum Gasteiger partial charge on any atom is 0.169 e. The number of rotatable bonds is 4. The van der Waals surface area contributed by atoms with Gasteiger partial charge >= 0.3 is 0 Å². The second kappa shape index (κ2) is 13.8. The van der Waals surface area contributed by atoms with Gasteiger partial charge in [-0.2, -0.15) is 0 Å². The zero-order valence-electron chi connectivity index (χ0n) is 12.3. The zero-order chi connectivity index (χ0) is 16.6. The normalized spacial score (nSPS) is 8.86. The van der Waals surface area contributed by atoms with E-state index in [1.165, 1.54) is 0 Å². The Bertz CT molecular complexity index is 498. The number of pyridine rings is 2. The monoisotopic (exact) mass is 320 g/mol. The van der Waals surface area contributed by atoms with Crippen LogP contribution in [-0.4, -0.2) is 13.3 Å². The summed E-state index contributed by atoms with van der Waals surface area (Å²) >= 11 is -3.11. The van der Waals surface area contributed by atoms with Crippen molar-refractivity contribution in [3.05, 3.63) is 86.5 Å². The third-order valence-corrected chi connectivity index (χ3v) is 2.23. The Hall–Kier alpha value is -2.15. The molecule has 0 aromatic carbocycles. The lowest BCUT2D eigenvalue weighted by molar-refractivity contribution is -0.687. The molecule has 5 nitrogen and oxygen atoms in total. The van der Waals surface area contributed by atoms with E-state index in [2.05, 4.69) is 22.3 Å². The van der Waals surface area contributed by atoms with Crippen LogP contribution >= 0.6 is 0 Å². The van der Waals surface area contributed by atoms with Crippen molar-refractivity contribution in [2.75, 3.05) is 0 Å². The minimum absolute atomic E-state index is 0.890. The maximum atomic E-state index is 8.44. The smallest absolute Gasteiger partial charge is 0.169 e. The van der Waals surface area contributed by atoms with E-state index in [4.69, 9.17) is 13.3 Å². The second-order valence-corrected chi connectivity index (χ2v) is 4.33. The van der Waals surface area contributed by atoms with E-state index in [0.29, 0.717) is 0 Å². The van der Waals surface area contributed by atoms with Crippen molar-refractivity contribution >= 4 is 11.4 Å². The summed E-state index contributed by atoms with van der Waals surface area (Å²) in [5.41, 5.74) is 0. The molecule has 0 atom stereocenters. The molecule has 0 N–H and O–H groups in total. The Morgan fingerprint density at radius 3 is 1.27 bits per heavy atom. The summed E-state index contributed by atoms with van der Waals surface area (Å²) < 4.78 is 29.5. The Labute approximate surface area is 134 Å². The highest BCUT2D eigenvalue weighted by atomic mass is 32.2. The molecule has 0 radical (unpaired) electrons. The van der Waals surface area contributed by atoms with Gasteiger partial charge in [-0.05, 0) is 12.2 Å². The third kappa shape index (κ3) is 12.9. The van der Waals surface area contributed by atoms with Crippen LogP contribution in [0.15, 0.2) is 86.5 Å². The van der Waals surface area contributed by atoms with Crippen molar-refractivity contribution in [1.29, 1.82) is 0 Å². The van der Waals surface area contributed by atoms with E-state index in [9.17, 15) is 0 Å². The molecule has 0 saturated heterocycles. The predicted molar refractivity (Wildman–Crippen MR) is 83.4 cm³/mol. The first-order valence-corrected chi connectivity index (χ1v) is 7.46. The van der Waals surface area contributed by atoms with E-state index in [1.54, 1.807) is 0 Å². The highest BCUT2D eigenvalue weighted by molar-refractivity contribution is 7.72. The summed E-state index contributed by atoms with van der Waals surface area (Å²) in [6.07, 6.45) is 11.8. The molecular formula is C16H20N2O3S. The molecule has 2 heterocycles. The molecule has 0 aliphatic rings. The summed E-state index contributed by atoms with van der Waals surface area (Å²) in [5, 5.41) is 0. The molecule has 118 valence electrons. The quantitative estimate of drug-likeness (QED) is 0.484. The summed E-state index contributed by atoms with van der Waals surface area (Å²) in [7, 11) is 0. The van der Waals surface area contributed by atoms with Crippen LogP contribution in [0.5, 0.6) is 0 Å². The van der Waals surface area contributed by atoms with Crippen molar-refractivity contribution in [3.8, 4) is 0 Å². The molecule has 2 aromatic rings. The van der Waals surface area contributed by atoms with Gasteiger partial charge in [-0.3, -0.25) is 4.21 Å². The fourth-order valence-corrected chi connectivity index (χ4v) is 1.41. The lowest BCUT2D eigenvalue weighted by atomic mass is 10.5. The summed E-state index contributed by atoms with van der Waals surface area (Å²) in [6.45, 7) is 9.05. The Morgan fingerprint density at radius 1 is 0.773 bits per heavy atom. The van der Waals surface area contributed by atoms with Crippen LogP contribution in [0.3, 0.4) is 0 Å². The molecule has 0 saturated carbocycles. The van der Waals surface area contributed by atoms with Crippen LogP contribution in [0.4, 0.5) is 0 Å². The molecule has 6 heteroatoms. The zero-order valence-corrected chi connectivity index (χ0v) is 13.1. The highest BCUT2D eigenvalue weighted by Gasteiger charge is 1.89. The van der Waals surface area contributed by atoms with Gasteiger partial charge in [-0.15, -0.1) is 11.4 Å². The van der Waals surface area contributed by atoms with E-state index in [0.717, 1.165) is 13.1 Å². The predicted octanol–water partition coefficient (Wildman–Crippen LogP) is 1.32. The molecular weight excluding hydrogens is 300 g/mol. The third-order valence-electron chi connectivity index (χ3n) is 2.23. The van der Waals surface area contributed by atoms with Crippen LogP contribution < -0.4 is 9.13 Å². The highest BCUT2D eigenvalue weighted by Crippen LogP contribution is 1.76. The minimum atomic E-state index is -3.11. The van der Waals surface area contributed by atoms with Gasteiger partial charge in [0.05, 0.1) is 0 Å². The number of allylic oxidation sites excluding steroid dienone is 2. The van der Waals surface area contributed by atoms with Crippen LogP contribution in [0.25, 0.3) is 0 Å². The van der Waals surface area contributed by atoms with Crippen molar-refractivity contribution < 1.29 is 22.4 Å². The van der Waals surface area contributed by atoms with Gasteiger partial charge in [0.1, 0.15) is 0 Å².